The van der Waals surface area contributed by atoms with E-state index in [4.69, 9.17) is 4.74 Å². The fourth-order valence-electron chi connectivity index (χ4n) is 3.43. The third-order valence-corrected chi connectivity index (χ3v) is 8.56. The maximum absolute atomic E-state index is 13.5. The first-order chi connectivity index (χ1) is 17.8. The number of nitro groups is 1. The highest BCUT2D eigenvalue weighted by Crippen LogP contribution is 2.29. The number of ether oxygens (including phenoxy) is 1. The second-order valence-electron chi connectivity index (χ2n) is 8.28. The van der Waals surface area contributed by atoms with Crippen LogP contribution in [0.5, 0.6) is 5.75 Å². The maximum atomic E-state index is 13.5. The van der Waals surface area contributed by atoms with E-state index in [1.165, 1.54) is 61.7 Å². The van der Waals surface area contributed by atoms with Crippen LogP contribution >= 0.6 is 0 Å². The van der Waals surface area contributed by atoms with Gasteiger partial charge in [-0.15, -0.1) is 0 Å². The smallest absolute Gasteiger partial charge is 0.269 e. The molecule has 0 spiro atoms. The lowest BCUT2D eigenvalue weighted by Crippen LogP contribution is -2.38. The molecule has 3 aromatic rings. The van der Waals surface area contributed by atoms with E-state index >= 15 is 0 Å². The average Bonchev–Trinajstić information content (AvgIpc) is 2.87. The van der Waals surface area contributed by atoms with Crippen molar-refractivity contribution in [1.29, 1.82) is 0 Å². The summed E-state index contributed by atoms with van der Waals surface area (Å²) in [6.07, 6.45) is 0. The van der Waals surface area contributed by atoms with Crippen molar-refractivity contribution in [3.05, 3.63) is 82.9 Å². The standard InChI is InChI=1S/C24H26N4O8S2/c1-17(2)26-37(32,33)21-13-14-23(36-3)22(15-21)25-24(29)16-27(18-9-11-19(12-10-18)28(30)31)38(34,35)20-7-5-4-6-8-20/h4-15,17,26H,16H2,1-3H3,(H,25,29). The molecule has 0 saturated heterocycles. The first-order valence-electron chi connectivity index (χ1n) is 11.2. The van der Waals surface area contributed by atoms with Gasteiger partial charge in [-0.3, -0.25) is 19.2 Å². The Kier molecular flexibility index (Phi) is 8.70. The zero-order valence-electron chi connectivity index (χ0n) is 20.7. The summed E-state index contributed by atoms with van der Waals surface area (Å²) in [5.74, 6) is -0.665. The Labute approximate surface area is 220 Å². The molecule has 0 aromatic heterocycles. The Morgan fingerprint density at radius 3 is 2.16 bits per heavy atom. The number of carbonyl (C=O) groups excluding carboxylic acids is 1. The third-order valence-electron chi connectivity index (χ3n) is 5.11. The van der Waals surface area contributed by atoms with Crippen LogP contribution < -0.4 is 19.1 Å². The van der Waals surface area contributed by atoms with Gasteiger partial charge in [0.15, 0.2) is 0 Å². The van der Waals surface area contributed by atoms with Gasteiger partial charge in [-0.2, -0.15) is 0 Å². The topological polar surface area (TPSA) is 165 Å². The molecule has 1 amide bonds. The van der Waals surface area contributed by atoms with Gasteiger partial charge >= 0.3 is 0 Å². The summed E-state index contributed by atoms with van der Waals surface area (Å²) in [4.78, 5) is 23.3. The molecule has 0 atom stereocenters. The molecule has 0 saturated carbocycles. The molecule has 3 aromatic carbocycles. The predicted octanol–water partition coefficient (Wildman–Crippen LogP) is 3.12. The summed E-state index contributed by atoms with van der Waals surface area (Å²) in [5, 5.41) is 13.6. The van der Waals surface area contributed by atoms with Gasteiger partial charge in [0.05, 0.1) is 33.2 Å². The van der Waals surface area contributed by atoms with Gasteiger partial charge in [0.25, 0.3) is 15.7 Å². The van der Waals surface area contributed by atoms with E-state index < -0.39 is 37.4 Å². The van der Waals surface area contributed by atoms with Gasteiger partial charge < -0.3 is 10.1 Å². The zero-order chi connectivity index (χ0) is 28.1. The molecule has 202 valence electrons. The van der Waals surface area contributed by atoms with E-state index in [-0.39, 0.29) is 38.6 Å². The van der Waals surface area contributed by atoms with Crippen LogP contribution in [-0.2, 0) is 24.8 Å². The molecule has 0 fully saturated rings. The summed E-state index contributed by atoms with van der Waals surface area (Å²) in [6, 6.07) is 15.5. The summed E-state index contributed by atoms with van der Waals surface area (Å²) in [5.41, 5.74) is -0.239. The molecule has 14 heteroatoms. The molecule has 3 rings (SSSR count). The first kappa shape index (κ1) is 28.6. The number of non-ortho nitro benzene ring substituents is 1. The number of rotatable bonds is 11. The van der Waals surface area contributed by atoms with Crippen LogP contribution in [0.25, 0.3) is 0 Å². The molecular weight excluding hydrogens is 536 g/mol. The van der Waals surface area contributed by atoms with Gasteiger partial charge in [0.2, 0.25) is 15.9 Å². The maximum Gasteiger partial charge on any atom is 0.269 e. The second-order valence-corrected chi connectivity index (χ2v) is 11.9. The SMILES string of the molecule is COc1ccc(S(=O)(=O)NC(C)C)cc1NC(=O)CN(c1ccc([N+](=O)[O-])cc1)S(=O)(=O)c1ccccc1. The molecule has 0 aliphatic rings. The Balaban J connectivity index is 1.98. The predicted molar refractivity (Wildman–Crippen MR) is 141 cm³/mol. The normalized spacial score (nSPS) is 11.7. The molecule has 0 aliphatic carbocycles. The molecule has 2 N–H and O–H groups in total. The lowest BCUT2D eigenvalue weighted by molar-refractivity contribution is -0.384. The number of nitrogens with one attached hydrogen (secondary N) is 2. The highest BCUT2D eigenvalue weighted by atomic mass is 32.2. The van der Waals surface area contributed by atoms with Crippen LogP contribution in [0.15, 0.2) is 82.6 Å². The average molecular weight is 563 g/mol. The molecule has 0 heterocycles. The number of hydrogen-bond acceptors (Lipinski definition) is 8. The minimum atomic E-state index is -4.27. The van der Waals surface area contributed by atoms with Crippen molar-refractivity contribution in [2.24, 2.45) is 0 Å². The lowest BCUT2D eigenvalue weighted by atomic mass is 10.2. The number of sulfonamides is 2. The number of hydrogen-bond donors (Lipinski definition) is 2. The first-order valence-corrected chi connectivity index (χ1v) is 14.1. The number of carbonyl (C=O) groups is 1. The largest absolute Gasteiger partial charge is 0.495 e. The van der Waals surface area contributed by atoms with E-state index in [0.717, 1.165) is 16.4 Å². The molecule has 0 radical (unpaired) electrons. The molecule has 0 unspecified atom stereocenters. The van der Waals surface area contributed by atoms with Gasteiger partial charge in [0.1, 0.15) is 12.3 Å². The van der Waals surface area contributed by atoms with Crippen molar-refractivity contribution in [2.45, 2.75) is 29.7 Å². The highest BCUT2D eigenvalue weighted by molar-refractivity contribution is 7.92. The van der Waals surface area contributed by atoms with Crippen molar-refractivity contribution < 1.29 is 31.3 Å². The van der Waals surface area contributed by atoms with Crippen LogP contribution in [0.3, 0.4) is 0 Å². The summed E-state index contributed by atoms with van der Waals surface area (Å²) in [6.45, 7) is 2.59. The van der Waals surface area contributed by atoms with Crippen LogP contribution in [0.1, 0.15) is 13.8 Å². The van der Waals surface area contributed by atoms with Crippen LogP contribution in [0.2, 0.25) is 0 Å². The Hall–Kier alpha value is -4.01. The summed E-state index contributed by atoms with van der Waals surface area (Å²) < 4.78 is 60.6. The third kappa shape index (κ3) is 6.65. The molecule has 12 nitrogen and oxygen atoms in total. The van der Waals surface area contributed by atoms with Gasteiger partial charge in [-0.25, -0.2) is 21.6 Å². The number of anilines is 2. The molecular formula is C24H26N4O8S2. The van der Waals surface area contributed by atoms with E-state index in [9.17, 15) is 31.7 Å². The molecule has 0 bridgehead atoms. The summed E-state index contributed by atoms with van der Waals surface area (Å²) >= 11 is 0. The van der Waals surface area contributed by atoms with Crippen molar-refractivity contribution >= 4 is 43.0 Å². The number of amides is 1. The van der Waals surface area contributed by atoms with Crippen LogP contribution in [0.4, 0.5) is 17.1 Å². The Bertz CT molecular complexity index is 1530. The Morgan fingerprint density at radius 2 is 1.61 bits per heavy atom. The monoisotopic (exact) mass is 562 g/mol. The zero-order valence-corrected chi connectivity index (χ0v) is 22.3. The van der Waals surface area contributed by atoms with E-state index in [2.05, 4.69) is 10.0 Å². The van der Waals surface area contributed by atoms with Crippen molar-refractivity contribution in [1.82, 2.24) is 4.72 Å². The van der Waals surface area contributed by atoms with Crippen molar-refractivity contribution in [3.8, 4) is 5.75 Å². The van der Waals surface area contributed by atoms with Gasteiger partial charge in [0, 0.05) is 18.2 Å². The summed E-state index contributed by atoms with van der Waals surface area (Å²) in [7, 11) is -6.84. The minimum Gasteiger partial charge on any atom is -0.495 e. The van der Waals surface area contributed by atoms with Gasteiger partial charge in [-0.05, 0) is 56.3 Å². The number of benzene rings is 3. The Morgan fingerprint density at radius 1 is 0.974 bits per heavy atom. The number of nitrogens with zero attached hydrogens (tertiary/aromatic N) is 2. The quantitative estimate of drug-likeness (QED) is 0.266. The fourth-order valence-corrected chi connectivity index (χ4v) is 6.14. The lowest BCUT2D eigenvalue weighted by Gasteiger charge is -2.24. The number of methoxy groups -OCH3 is 1. The fraction of sp³-hybridized carbons (Fsp3) is 0.208. The number of nitro benzene ring substituents is 1. The highest BCUT2D eigenvalue weighted by Gasteiger charge is 2.28. The molecule has 0 aliphatic heterocycles. The van der Waals surface area contributed by atoms with Gasteiger partial charge in [-0.1, -0.05) is 18.2 Å². The van der Waals surface area contributed by atoms with E-state index in [1.807, 2.05) is 0 Å². The molecule has 38 heavy (non-hydrogen) atoms. The van der Waals surface area contributed by atoms with E-state index in [0.29, 0.717) is 0 Å². The van der Waals surface area contributed by atoms with Crippen molar-refractivity contribution in [3.63, 3.8) is 0 Å². The second kappa shape index (κ2) is 11.6. The van der Waals surface area contributed by atoms with Crippen LogP contribution in [-0.4, -0.2) is 47.4 Å². The minimum absolute atomic E-state index is 0.00453. The van der Waals surface area contributed by atoms with E-state index in [1.54, 1.807) is 19.9 Å². The van der Waals surface area contributed by atoms with Crippen molar-refractivity contribution in [2.75, 3.05) is 23.3 Å². The van der Waals surface area contributed by atoms with Crippen LogP contribution in [0, 0.1) is 10.1 Å².